The lowest BCUT2D eigenvalue weighted by Gasteiger charge is -2.09. The van der Waals surface area contributed by atoms with Gasteiger partial charge in [-0.2, -0.15) is 0 Å². The lowest BCUT2D eigenvalue weighted by molar-refractivity contribution is 0.102. The van der Waals surface area contributed by atoms with Crippen molar-refractivity contribution in [2.45, 2.75) is 6.92 Å². The van der Waals surface area contributed by atoms with Crippen molar-refractivity contribution in [1.82, 2.24) is 10.2 Å². The van der Waals surface area contributed by atoms with Crippen molar-refractivity contribution in [3.05, 3.63) is 70.9 Å². The largest absolute Gasteiger partial charge is 0.497 e. The molecule has 3 aromatic rings. The first-order valence-electron chi connectivity index (χ1n) is 7.87. The highest BCUT2D eigenvalue weighted by molar-refractivity contribution is 6.30. The van der Waals surface area contributed by atoms with Crippen LogP contribution in [0.25, 0.3) is 0 Å². The smallest absolute Gasteiger partial charge is 0.276 e. The molecule has 1 aromatic heterocycles. The van der Waals surface area contributed by atoms with E-state index in [1.54, 1.807) is 49.6 Å². The van der Waals surface area contributed by atoms with E-state index in [1.165, 1.54) is 0 Å². The maximum Gasteiger partial charge on any atom is 0.276 e. The van der Waals surface area contributed by atoms with Crippen LogP contribution in [-0.4, -0.2) is 23.2 Å². The molecule has 0 saturated heterocycles. The standard InChI is InChI=1S/C19H17ClN4O2/c1-12-11-13(20)3-8-16(12)22-18-10-9-17(23-24-18)19(25)21-14-4-6-15(26-2)7-5-14/h3-11H,1-2H3,(H,21,25)(H,22,24). The molecular weight excluding hydrogens is 352 g/mol. The van der Waals surface area contributed by atoms with Crippen molar-refractivity contribution >= 4 is 34.7 Å². The van der Waals surface area contributed by atoms with Gasteiger partial charge >= 0.3 is 0 Å². The summed E-state index contributed by atoms with van der Waals surface area (Å²) in [5, 5.41) is 14.6. The molecule has 0 atom stereocenters. The molecule has 26 heavy (non-hydrogen) atoms. The van der Waals surface area contributed by atoms with Gasteiger partial charge in [-0.25, -0.2) is 0 Å². The van der Waals surface area contributed by atoms with E-state index in [4.69, 9.17) is 16.3 Å². The molecule has 0 fully saturated rings. The molecule has 0 aliphatic rings. The van der Waals surface area contributed by atoms with Crippen LogP contribution in [0.2, 0.25) is 5.02 Å². The lowest BCUT2D eigenvalue weighted by atomic mass is 10.2. The molecule has 0 spiro atoms. The molecule has 132 valence electrons. The first-order chi connectivity index (χ1) is 12.5. The molecule has 1 amide bonds. The summed E-state index contributed by atoms with van der Waals surface area (Å²) in [7, 11) is 1.59. The Morgan fingerprint density at radius 2 is 1.81 bits per heavy atom. The number of aryl methyl sites for hydroxylation is 1. The highest BCUT2D eigenvalue weighted by atomic mass is 35.5. The molecule has 0 radical (unpaired) electrons. The average Bonchev–Trinajstić information content (AvgIpc) is 2.65. The van der Waals surface area contributed by atoms with Crippen molar-refractivity contribution in [3.8, 4) is 5.75 Å². The zero-order chi connectivity index (χ0) is 18.5. The van der Waals surface area contributed by atoms with Crippen LogP contribution in [0.4, 0.5) is 17.2 Å². The first-order valence-corrected chi connectivity index (χ1v) is 8.25. The number of hydrogen-bond acceptors (Lipinski definition) is 5. The summed E-state index contributed by atoms with van der Waals surface area (Å²) >= 11 is 5.95. The van der Waals surface area contributed by atoms with Gasteiger partial charge in [0.15, 0.2) is 11.5 Å². The minimum Gasteiger partial charge on any atom is -0.497 e. The van der Waals surface area contributed by atoms with Crippen LogP contribution in [0, 0.1) is 6.92 Å². The Morgan fingerprint density at radius 1 is 1.04 bits per heavy atom. The highest BCUT2D eigenvalue weighted by Crippen LogP contribution is 2.22. The number of anilines is 3. The maximum atomic E-state index is 12.2. The van der Waals surface area contributed by atoms with Gasteiger partial charge in [0.25, 0.3) is 5.91 Å². The number of hydrogen-bond donors (Lipinski definition) is 2. The Kier molecular flexibility index (Phi) is 5.34. The second kappa shape index (κ2) is 7.84. The molecule has 2 aromatic carbocycles. The van der Waals surface area contributed by atoms with E-state index in [1.807, 2.05) is 19.1 Å². The molecule has 1 heterocycles. The fourth-order valence-corrected chi connectivity index (χ4v) is 2.52. The maximum absolute atomic E-state index is 12.2. The van der Waals surface area contributed by atoms with E-state index in [-0.39, 0.29) is 11.6 Å². The van der Waals surface area contributed by atoms with Crippen molar-refractivity contribution in [2.75, 3.05) is 17.7 Å². The number of carbonyl (C=O) groups is 1. The second-order valence-corrected chi connectivity index (χ2v) is 6.01. The number of carbonyl (C=O) groups excluding carboxylic acids is 1. The van der Waals surface area contributed by atoms with Gasteiger partial charge in [0.05, 0.1) is 7.11 Å². The van der Waals surface area contributed by atoms with Gasteiger partial charge in [-0.3, -0.25) is 4.79 Å². The van der Waals surface area contributed by atoms with Crippen molar-refractivity contribution in [1.29, 1.82) is 0 Å². The van der Waals surface area contributed by atoms with E-state index < -0.39 is 0 Å². The summed E-state index contributed by atoms with van der Waals surface area (Å²) < 4.78 is 5.09. The highest BCUT2D eigenvalue weighted by Gasteiger charge is 2.09. The Labute approximate surface area is 156 Å². The van der Waals surface area contributed by atoms with Crippen LogP contribution in [0.3, 0.4) is 0 Å². The number of nitrogens with zero attached hydrogens (tertiary/aromatic N) is 2. The van der Waals surface area contributed by atoms with E-state index in [0.717, 1.165) is 17.0 Å². The Morgan fingerprint density at radius 3 is 2.42 bits per heavy atom. The van der Waals surface area contributed by atoms with Crippen LogP contribution < -0.4 is 15.4 Å². The van der Waals surface area contributed by atoms with Crippen molar-refractivity contribution in [3.63, 3.8) is 0 Å². The molecule has 7 heteroatoms. The summed E-state index contributed by atoms with van der Waals surface area (Å²) in [5.74, 6) is 0.920. The van der Waals surface area contributed by atoms with Gasteiger partial charge in [0.1, 0.15) is 5.75 Å². The van der Waals surface area contributed by atoms with Crippen molar-refractivity contribution < 1.29 is 9.53 Å². The van der Waals surface area contributed by atoms with Gasteiger partial charge < -0.3 is 15.4 Å². The zero-order valence-corrected chi connectivity index (χ0v) is 15.0. The van der Waals surface area contributed by atoms with E-state index in [2.05, 4.69) is 20.8 Å². The molecular formula is C19H17ClN4O2. The molecule has 0 unspecified atom stereocenters. The normalized spacial score (nSPS) is 10.3. The predicted molar refractivity (Wildman–Crippen MR) is 102 cm³/mol. The monoisotopic (exact) mass is 368 g/mol. The Balaban J connectivity index is 1.67. The van der Waals surface area contributed by atoms with Crippen LogP contribution in [0.5, 0.6) is 5.75 Å². The number of amides is 1. The zero-order valence-electron chi connectivity index (χ0n) is 14.3. The van der Waals surface area contributed by atoms with E-state index in [9.17, 15) is 4.79 Å². The van der Waals surface area contributed by atoms with Gasteiger partial charge in [0, 0.05) is 16.4 Å². The number of nitrogens with one attached hydrogen (secondary N) is 2. The van der Waals surface area contributed by atoms with Gasteiger partial charge in [-0.05, 0) is 67.1 Å². The van der Waals surface area contributed by atoms with Crippen LogP contribution in [-0.2, 0) is 0 Å². The summed E-state index contributed by atoms with van der Waals surface area (Å²) in [6.45, 7) is 1.94. The summed E-state index contributed by atoms with van der Waals surface area (Å²) in [4.78, 5) is 12.2. The molecule has 3 rings (SSSR count). The quantitative estimate of drug-likeness (QED) is 0.696. The Hall–Kier alpha value is -3.12. The summed E-state index contributed by atoms with van der Waals surface area (Å²) in [6, 6.07) is 15.9. The van der Waals surface area contributed by atoms with Crippen molar-refractivity contribution in [2.24, 2.45) is 0 Å². The first kappa shape index (κ1) is 17.7. The third-order valence-electron chi connectivity index (χ3n) is 3.70. The fraction of sp³-hybridized carbons (Fsp3) is 0.105. The average molecular weight is 369 g/mol. The number of methoxy groups -OCH3 is 1. The minimum absolute atomic E-state index is 0.221. The molecule has 0 aliphatic heterocycles. The number of halogens is 1. The SMILES string of the molecule is COc1ccc(NC(=O)c2ccc(Nc3ccc(Cl)cc3C)nn2)cc1. The van der Waals surface area contributed by atoms with Gasteiger partial charge in [0.2, 0.25) is 0 Å². The fourth-order valence-electron chi connectivity index (χ4n) is 2.29. The number of ether oxygens (including phenoxy) is 1. The Bertz CT molecular complexity index is 912. The van der Waals surface area contributed by atoms with Gasteiger partial charge in [-0.15, -0.1) is 10.2 Å². The van der Waals surface area contributed by atoms with Gasteiger partial charge in [-0.1, -0.05) is 11.6 Å². The number of benzene rings is 2. The number of aromatic nitrogens is 2. The predicted octanol–water partition coefficient (Wildman–Crippen LogP) is 4.44. The molecule has 0 saturated carbocycles. The van der Waals surface area contributed by atoms with E-state index >= 15 is 0 Å². The molecule has 6 nitrogen and oxygen atoms in total. The number of rotatable bonds is 5. The second-order valence-electron chi connectivity index (χ2n) is 5.57. The summed E-state index contributed by atoms with van der Waals surface area (Å²) in [5.41, 5.74) is 2.73. The molecule has 0 bridgehead atoms. The molecule has 0 aliphatic carbocycles. The minimum atomic E-state index is -0.336. The third kappa shape index (κ3) is 4.29. The topological polar surface area (TPSA) is 76.1 Å². The summed E-state index contributed by atoms with van der Waals surface area (Å²) in [6.07, 6.45) is 0. The van der Waals surface area contributed by atoms with Crippen LogP contribution in [0.1, 0.15) is 16.1 Å². The van der Waals surface area contributed by atoms with Crippen LogP contribution >= 0.6 is 11.6 Å². The lowest BCUT2D eigenvalue weighted by Crippen LogP contribution is -2.14. The third-order valence-corrected chi connectivity index (χ3v) is 3.93. The van der Waals surface area contributed by atoms with Crippen LogP contribution in [0.15, 0.2) is 54.6 Å². The molecule has 2 N–H and O–H groups in total. The van der Waals surface area contributed by atoms with E-state index in [0.29, 0.717) is 16.5 Å².